The number of urea groups is 1. The lowest BCUT2D eigenvalue weighted by Gasteiger charge is -2.23. The monoisotopic (exact) mass is 440 g/mol. The van der Waals surface area contributed by atoms with Gasteiger partial charge in [-0.25, -0.2) is 14.2 Å². The molecule has 166 valence electrons. The molecular weight excluding hydrogens is 420 g/mol. The van der Waals surface area contributed by atoms with Crippen molar-refractivity contribution < 1.29 is 27.2 Å². The minimum absolute atomic E-state index is 0.0366. The van der Waals surface area contributed by atoms with Crippen molar-refractivity contribution in [3.63, 3.8) is 0 Å². The van der Waals surface area contributed by atoms with Gasteiger partial charge in [-0.1, -0.05) is 0 Å². The van der Waals surface area contributed by atoms with Gasteiger partial charge in [0.2, 0.25) is 5.95 Å². The van der Waals surface area contributed by atoms with Gasteiger partial charge in [0.25, 0.3) is 5.91 Å². The number of halogens is 4. The molecule has 2 aromatic rings. The van der Waals surface area contributed by atoms with Crippen molar-refractivity contribution in [1.29, 1.82) is 0 Å². The summed E-state index contributed by atoms with van der Waals surface area (Å²) in [4.78, 5) is 35.1. The number of nitrogens with two attached hydrogens (primary N) is 1. The second-order valence-electron chi connectivity index (χ2n) is 7.58. The lowest BCUT2D eigenvalue weighted by molar-refractivity contribution is -0.137. The van der Waals surface area contributed by atoms with Gasteiger partial charge in [-0.05, 0) is 39.0 Å². The van der Waals surface area contributed by atoms with Crippen LogP contribution in [0.15, 0.2) is 24.4 Å². The first-order valence-corrected chi connectivity index (χ1v) is 9.25. The Balaban J connectivity index is 1.94. The van der Waals surface area contributed by atoms with Crippen LogP contribution >= 0.6 is 0 Å². The lowest BCUT2D eigenvalue weighted by atomic mass is 10.1. The van der Waals surface area contributed by atoms with E-state index in [0.29, 0.717) is 18.2 Å². The third kappa shape index (κ3) is 4.37. The SMILES string of the molecule is CCN(C(=O)c1cnc(N2CC(C)(C)NC2=O)nc1N)c1cc(C(F)(F)F)ccc1F. The molecule has 31 heavy (non-hydrogen) atoms. The Morgan fingerprint density at radius 3 is 2.55 bits per heavy atom. The van der Waals surface area contributed by atoms with Crippen LogP contribution < -0.4 is 20.9 Å². The number of nitrogens with zero attached hydrogens (tertiary/aromatic N) is 4. The minimum Gasteiger partial charge on any atom is -0.383 e. The zero-order valence-electron chi connectivity index (χ0n) is 16.9. The molecule has 0 aliphatic carbocycles. The molecule has 12 heteroatoms. The highest BCUT2D eigenvalue weighted by atomic mass is 19.4. The van der Waals surface area contributed by atoms with Gasteiger partial charge in [-0.15, -0.1) is 0 Å². The number of aromatic nitrogens is 2. The maximum atomic E-state index is 14.3. The largest absolute Gasteiger partial charge is 0.416 e. The van der Waals surface area contributed by atoms with Crippen LogP contribution in [0.3, 0.4) is 0 Å². The molecule has 1 aromatic heterocycles. The van der Waals surface area contributed by atoms with Gasteiger partial charge in [0, 0.05) is 12.7 Å². The average molecular weight is 440 g/mol. The summed E-state index contributed by atoms with van der Waals surface area (Å²) in [5, 5.41) is 2.73. The fourth-order valence-electron chi connectivity index (χ4n) is 3.17. The first-order chi connectivity index (χ1) is 14.3. The smallest absolute Gasteiger partial charge is 0.383 e. The maximum absolute atomic E-state index is 14.3. The Bertz CT molecular complexity index is 1040. The van der Waals surface area contributed by atoms with Gasteiger partial charge in [0.1, 0.15) is 17.2 Å². The van der Waals surface area contributed by atoms with Crippen molar-refractivity contribution in [2.75, 3.05) is 28.6 Å². The number of carbonyl (C=O) groups excluding carboxylic acids is 2. The lowest BCUT2D eigenvalue weighted by Crippen LogP contribution is -2.36. The van der Waals surface area contributed by atoms with Crippen molar-refractivity contribution in [1.82, 2.24) is 15.3 Å². The summed E-state index contributed by atoms with van der Waals surface area (Å²) in [6, 6.07) is 1.35. The first kappa shape index (κ1) is 22.2. The summed E-state index contributed by atoms with van der Waals surface area (Å²) in [6.07, 6.45) is -3.65. The molecule has 1 aliphatic rings. The van der Waals surface area contributed by atoms with E-state index < -0.39 is 40.7 Å². The molecule has 0 atom stereocenters. The van der Waals surface area contributed by atoms with Crippen LogP contribution in [-0.4, -0.2) is 40.5 Å². The number of amides is 3. The Morgan fingerprint density at radius 2 is 2.03 bits per heavy atom. The van der Waals surface area contributed by atoms with E-state index in [4.69, 9.17) is 5.73 Å². The standard InChI is InChI=1S/C19H20F4N6O2/c1-4-28(13-7-10(19(21,22)23)5-6-12(13)20)15(30)11-8-25-16(26-14(11)24)29-9-18(2,3)27-17(29)31/h5-8H,4,9H2,1-3H3,(H,27,31)(H2,24,25,26). The van der Waals surface area contributed by atoms with Gasteiger partial charge in [0.15, 0.2) is 0 Å². The Labute approximate surface area is 175 Å². The number of nitrogens with one attached hydrogen (secondary N) is 1. The number of carbonyl (C=O) groups is 2. The summed E-state index contributed by atoms with van der Waals surface area (Å²) in [7, 11) is 0. The second kappa shape index (κ2) is 7.67. The highest BCUT2D eigenvalue weighted by Crippen LogP contribution is 2.33. The number of hydrogen-bond donors (Lipinski definition) is 2. The number of rotatable bonds is 4. The molecule has 1 aromatic carbocycles. The van der Waals surface area contributed by atoms with E-state index in [9.17, 15) is 27.2 Å². The molecule has 0 unspecified atom stereocenters. The van der Waals surface area contributed by atoms with E-state index in [-0.39, 0.29) is 30.4 Å². The van der Waals surface area contributed by atoms with Crippen LogP contribution in [0, 0.1) is 5.82 Å². The second-order valence-corrected chi connectivity index (χ2v) is 7.58. The molecule has 0 bridgehead atoms. The third-order valence-electron chi connectivity index (χ3n) is 4.65. The zero-order chi connectivity index (χ0) is 23.1. The number of nitrogen functional groups attached to an aromatic ring is 1. The summed E-state index contributed by atoms with van der Waals surface area (Å²) >= 11 is 0. The maximum Gasteiger partial charge on any atom is 0.416 e. The third-order valence-corrected chi connectivity index (χ3v) is 4.65. The Kier molecular flexibility index (Phi) is 5.51. The fourth-order valence-corrected chi connectivity index (χ4v) is 3.17. The molecule has 0 saturated carbocycles. The van der Waals surface area contributed by atoms with E-state index in [1.807, 2.05) is 0 Å². The van der Waals surface area contributed by atoms with Crippen molar-refractivity contribution in [3.8, 4) is 0 Å². The molecule has 1 aliphatic heterocycles. The molecule has 3 N–H and O–H groups in total. The van der Waals surface area contributed by atoms with E-state index in [1.54, 1.807) is 13.8 Å². The average Bonchev–Trinajstić information content (AvgIpc) is 2.95. The number of alkyl halides is 3. The van der Waals surface area contributed by atoms with Crippen LogP contribution in [-0.2, 0) is 6.18 Å². The highest BCUT2D eigenvalue weighted by Gasteiger charge is 2.37. The van der Waals surface area contributed by atoms with E-state index in [1.165, 1.54) is 11.8 Å². The number of anilines is 3. The minimum atomic E-state index is -4.71. The van der Waals surface area contributed by atoms with Crippen molar-refractivity contribution in [2.45, 2.75) is 32.5 Å². The Morgan fingerprint density at radius 1 is 1.35 bits per heavy atom. The number of benzene rings is 1. The predicted octanol–water partition coefficient (Wildman–Crippen LogP) is 3.19. The zero-order valence-corrected chi connectivity index (χ0v) is 16.9. The molecule has 0 spiro atoms. The van der Waals surface area contributed by atoms with E-state index in [0.717, 1.165) is 11.1 Å². The topological polar surface area (TPSA) is 104 Å². The van der Waals surface area contributed by atoms with Crippen LogP contribution in [0.4, 0.5) is 39.8 Å². The Hall–Kier alpha value is -3.44. The van der Waals surface area contributed by atoms with Gasteiger partial charge < -0.3 is 16.0 Å². The summed E-state index contributed by atoms with van der Waals surface area (Å²) in [6.45, 7) is 5.19. The normalized spacial score (nSPS) is 15.7. The fraction of sp³-hybridized carbons (Fsp3) is 0.368. The first-order valence-electron chi connectivity index (χ1n) is 9.25. The summed E-state index contributed by atoms with van der Waals surface area (Å²) in [5.74, 6) is -2.21. The van der Waals surface area contributed by atoms with Crippen molar-refractivity contribution >= 4 is 29.4 Å². The molecule has 1 fully saturated rings. The molecule has 3 rings (SSSR count). The molecular formula is C19H20F4N6O2. The number of hydrogen-bond acceptors (Lipinski definition) is 5. The molecule has 3 amide bonds. The van der Waals surface area contributed by atoms with Gasteiger partial charge in [-0.2, -0.15) is 18.2 Å². The van der Waals surface area contributed by atoms with Crippen molar-refractivity contribution in [2.24, 2.45) is 0 Å². The highest BCUT2D eigenvalue weighted by molar-refractivity contribution is 6.09. The summed E-state index contributed by atoms with van der Waals surface area (Å²) in [5.41, 5.74) is 3.47. The van der Waals surface area contributed by atoms with Crippen LogP contribution in [0.25, 0.3) is 0 Å². The van der Waals surface area contributed by atoms with Gasteiger partial charge in [0.05, 0.1) is 23.3 Å². The van der Waals surface area contributed by atoms with Crippen LogP contribution in [0.2, 0.25) is 0 Å². The molecule has 1 saturated heterocycles. The van der Waals surface area contributed by atoms with Crippen molar-refractivity contribution in [3.05, 3.63) is 41.3 Å². The molecule has 8 nitrogen and oxygen atoms in total. The quantitative estimate of drug-likeness (QED) is 0.711. The van der Waals surface area contributed by atoms with Crippen LogP contribution in [0.1, 0.15) is 36.7 Å². The predicted molar refractivity (Wildman–Crippen MR) is 105 cm³/mol. The van der Waals surface area contributed by atoms with E-state index >= 15 is 0 Å². The molecule has 2 heterocycles. The van der Waals surface area contributed by atoms with Gasteiger partial charge >= 0.3 is 12.2 Å². The van der Waals surface area contributed by atoms with Gasteiger partial charge in [-0.3, -0.25) is 9.69 Å². The van der Waals surface area contributed by atoms with E-state index in [2.05, 4.69) is 15.3 Å². The van der Waals surface area contributed by atoms with Crippen LogP contribution in [0.5, 0.6) is 0 Å². The molecule has 0 radical (unpaired) electrons. The summed E-state index contributed by atoms with van der Waals surface area (Å²) < 4.78 is 53.4.